The first-order chi connectivity index (χ1) is 11.2. The lowest BCUT2D eigenvalue weighted by Gasteiger charge is -2.06. The van der Waals surface area contributed by atoms with Gasteiger partial charge in [0.05, 0.1) is 25.3 Å². The molecule has 0 aliphatic heterocycles. The van der Waals surface area contributed by atoms with E-state index in [1.54, 1.807) is 14.2 Å². The number of halogens is 1. The maximum atomic E-state index is 5.89. The minimum absolute atomic E-state index is 0.666. The molecule has 5 nitrogen and oxygen atoms in total. The number of rotatable bonds is 6. The molecule has 0 radical (unpaired) electrons. The predicted octanol–water partition coefficient (Wildman–Crippen LogP) is 3.89. The van der Waals surface area contributed by atoms with Gasteiger partial charge in [-0.15, -0.1) is 0 Å². The second-order valence-electron chi connectivity index (χ2n) is 5.11. The summed E-state index contributed by atoms with van der Waals surface area (Å²) in [4.78, 5) is 7.76. The SMILES string of the molecule is COc1cc2nc(NCCc3ccc(Cl)cc3)[nH]c2cc1OC. The Morgan fingerprint density at radius 3 is 2.48 bits per heavy atom. The Morgan fingerprint density at radius 1 is 1.09 bits per heavy atom. The Bertz CT molecular complexity index is 758. The van der Waals surface area contributed by atoms with Gasteiger partial charge in [-0.2, -0.15) is 0 Å². The van der Waals surface area contributed by atoms with Crippen LogP contribution in [0.15, 0.2) is 36.4 Å². The number of aromatic amines is 1. The van der Waals surface area contributed by atoms with Gasteiger partial charge in [-0.25, -0.2) is 4.98 Å². The summed E-state index contributed by atoms with van der Waals surface area (Å²) in [6, 6.07) is 11.6. The average Bonchev–Trinajstić information content (AvgIpc) is 2.96. The number of ether oxygens (including phenoxy) is 2. The molecule has 0 saturated heterocycles. The summed E-state index contributed by atoms with van der Waals surface area (Å²) in [6.07, 6.45) is 0.890. The fourth-order valence-corrected chi connectivity index (χ4v) is 2.52. The van der Waals surface area contributed by atoms with Crippen LogP contribution in [0, 0.1) is 0 Å². The molecule has 0 fully saturated rings. The summed E-state index contributed by atoms with van der Waals surface area (Å²) in [5.41, 5.74) is 2.95. The molecule has 0 aliphatic carbocycles. The van der Waals surface area contributed by atoms with Crippen molar-refractivity contribution in [1.82, 2.24) is 9.97 Å². The molecular weight excluding hydrogens is 314 g/mol. The second-order valence-corrected chi connectivity index (χ2v) is 5.55. The van der Waals surface area contributed by atoms with Crippen LogP contribution in [-0.4, -0.2) is 30.7 Å². The average molecular weight is 332 g/mol. The van der Waals surface area contributed by atoms with E-state index in [9.17, 15) is 0 Å². The molecule has 3 aromatic rings. The predicted molar refractivity (Wildman–Crippen MR) is 92.8 cm³/mol. The van der Waals surface area contributed by atoms with E-state index in [0.717, 1.165) is 35.0 Å². The number of fused-ring (bicyclic) bond motifs is 1. The van der Waals surface area contributed by atoms with Crippen molar-refractivity contribution < 1.29 is 9.47 Å². The number of aromatic nitrogens is 2. The molecule has 0 spiro atoms. The number of methoxy groups -OCH3 is 2. The Kier molecular flexibility index (Phi) is 4.57. The molecule has 0 bridgehead atoms. The Labute approximate surface area is 139 Å². The van der Waals surface area contributed by atoms with Gasteiger partial charge in [0.1, 0.15) is 0 Å². The van der Waals surface area contributed by atoms with Crippen molar-refractivity contribution in [3.05, 3.63) is 47.0 Å². The molecule has 6 heteroatoms. The molecule has 1 aromatic heterocycles. The fourth-order valence-electron chi connectivity index (χ4n) is 2.40. The summed E-state index contributed by atoms with van der Waals surface area (Å²) >= 11 is 5.89. The van der Waals surface area contributed by atoms with E-state index in [0.29, 0.717) is 11.5 Å². The fraction of sp³-hybridized carbons (Fsp3) is 0.235. The van der Waals surface area contributed by atoms with Crippen LogP contribution >= 0.6 is 11.6 Å². The summed E-state index contributed by atoms with van der Waals surface area (Å²) in [6.45, 7) is 0.774. The molecule has 23 heavy (non-hydrogen) atoms. The van der Waals surface area contributed by atoms with Crippen LogP contribution in [0.4, 0.5) is 5.95 Å². The van der Waals surface area contributed by atoms with E-state index in [4.69, 9.17) is 21.1 Å². The highest BCUT2D eigenvalue weighted by molar-refractivity contribution is 6.30. The molecule has 1 heterocycles. The van der Waals surface area contributed by atoms with Gasteiger partial charge in [0, 0.05) is 23.7 Å². The molecule has 0 unspecified atom stereocenters. The first-order valence-electron chi connectivity index (χ1n) is 7.29. The first-order valence-corrected chi connectivity index (χ1v) is 7.67. The van der Waals surface area contributed by atoms with Gasteiger partial charge in [-0.3, -0.25) is 0 Å². The largest absolute Gasteiger partial charge is 0.493 e. The van der Waals surface area contributed by atoms with E-state index >= 15 is 0 Å². The lowest BCUT2D eigenvalue weighted by molar-refractivity contribution is 0.356. The third-order valence-corrected chi connectivity index (χ3v) is 3.86. The normalized spacial score (nSPS) is 10.7. The standard InChI is InChI=1S/C17H18ClN3O2/c1-22-15-9-13-14(10-16(15)23-2)21-17(20-13)19-8-7-11-3-5-12(18)6-4-11/h3-6,9-10H,7-8H2,1-2H3,(H2,19,20,21). The molecule has 0 saturated carbocycles. The van der Waals surface area contributed by atoms with Gasteiger partial charge in [0.2, 0.25) is 5.95 Å². The number of imidazole rings is 1. The van der Waals surface area contributed by atoms with Crippen LogP contribution < -0.4 is 14.8 Å². The van der Waals surface area contributed by atoms with Crippen molar-refractivity contribution in [3.8, 4) is 11.5 Å². The van der Waals surface area contributed by atoms with Gasteiger partial charge < -0.3 is 19.8 Å². The number of nitrogens with one attached hydrogen (secondary N) is 2. The van der Waals surface area contributed by atoms with Crippen LogP contribution in [0.5, 0.6) is 11.5 Å². The van der Waals surface area contributed by atoms with E-state index < -0.39 is 0 Å². The Balaban J connectivity index is 1.69. The monoisotopic (exact) mass is 331 g/mol. The molecule has 0 aliphatic rings. The minimum atomic E-state index is 0.666. The van der Waals surface area contributed by atoms with E-state index in [1.807, 2.05) is 36.4 Å². The number of nitrogens with zero attached hydrogens (tertiary/aromatic N) is 1. The lowest BCUT2D eigenvalue weighted by atomic mass is 10.1. The molecule has 0 amide bonds. The van der Waals surface area contributed by atoms with Crippen molar-refractivity contribution in [2.45, 2.75) is 6.42 Å². The molecule has 2 aromatic carbocycles. The van der Waals surface area contributed by atoms with Crippen molar-refractivity contribution in [2.75, 3.05) is 26.1 Å². The van der Waals surface area contributed by atoms with Gasteiger partial charge in [-0.05, 0) is 24.1 Å². The minimum Gasteiger partial charge on any atom is -0.493 e. The summed E-state index contributed by atoms with van der Waals surface area (Å²) < 4.78 is 10.6. The van der Waals surface area contributed by atoms with E-state index in [-0.39, 0.29) is 0 Å². The van der Waals surface area contributed by atoms with Crippen LogP contribution in [-0.2, 0) is 6.42 Å². The summed E-state index contributed by atoms with van der Waals surface area (Å²) in [7, 11) is 3.23. The zero-order valence-corrected chi connectivity index (χ0v) is 13.8. The van der Waals surface area contributed by atoms with Gasteiger partial charge >= 0.3 is 0 Å². The van der Waals surface area contributed by atoms with Crippen LogP contribution in [0.25, 0.3) is 11.0 Å². The van der Waals surface area contributed by atoms with E-state index in [2.05, 4.69) is 15.3 Å². The third-order valence-electron chi connectivity index (χ3n) is 3.61. The highest BCUT2D eigenvalue weighted by Gasteiger charge is 2.09. The van der Waals surface area contributed by atoms with Crippen molar-refractivity contribution in [3.63, 3.8) is 0 Å². The summed E-state index contributed by atoms with van der Waals surface area (Å²) in [5, 5.41) is 4.04. The van der Waals surface area contributed by atoms with E-state index in [1.165, 1.54) is 5.56 Å². The Morgan fingerprint density at radius 2 is 1.78 bits per heavy atom. The highest BCUT2D eigenvalue weighted by Crippen LogP contribution is 2.31. The number of anilines is 1. The maximum absolute atomic E-state index is 5.89. The van der Waals surface area contributed by atoms with Crippen molar-refractivity contribution >= 4 is 28.6 Å². The highest BCUT2D eigenvalue weighted by atomic mass is 35.5. The topological polar surface area (TPSA) is 59.2 Å². The molecule has 2 N–H and O–H groups in total. The Hall–Kier alpha value is -2.40. The number of benzene rings is 2. The number of H-pyrrole nitrogens is 1. The number of hydrogen-bond acceptors (Lipinski definition) is 4. The lowest BCUT2D eigenvalue weighted by Crippen LogP contribution is -2.05. The number of hydrogen-bond donors (Lipinski definition) is 2. The van der Waals surface area contributed by atoms with Crippen molar-refractivity contribution in [2.24, 2.45) is 0 Å². The summed E-state index contributed by atoms with van der Waals surface area (Å²) in [5.74, 6) is 2.07. The first kappa shape index (κ1) is 15.5. The smallest absolute Gasteiger partial charge is 0.201 e. The zero-order chi connectivity index (χ0) is 16.2. The van der Waals surface area contributed by atoms with Gasteiger partial charge in [0.15, 0.2) is 11.5 Å². The van der Waals surface area contributed by atoms with Crippen LogP contribution in [0.1, 0.15) is 5.56 Å². The molecular formula is C17H18ClN3O2. The van der Waals surface area contributed by atoms with Crippen LogP contribution in [0.2, 0.25) is 5.02 Å². The second kappa shape index (κ2) is 6.79. The van der Waals surface area contributed by atoms with Gasteiger partial charge in [0.25, 0.3) is 0 Å². The third kappa shape index (κ3) is 3.51. The molecule has 3 rings (SSSR count). The quantitative estimate of drug-likeness (QED) is 0.719. The van der Waals surface area contributed by atoms with Crippen molar-refractivity contribution in [1.29, 1.82) is 0 Å². The van der Waals surface area contributed by atoms with Gasteiger partial charge in [-0.1, -0.05) is 23.7 Å². The molecule has 120 valence electrons. The maximum Gasteiger partial charge on any atom is 0.201 e. The molecule has 0 atom stereocenters. The van der Waals surface area contributed by atoms with Crippen LogP contribution in [0.3, 0.4) is 0 Å². The zero-order valence-electron chi connectivity index (χ0n) is 13.0.